The van der Waals surface area contributed by atoms with Gasteiger partial charge >= 0.3 is 0 Å². The van der Waals surface area contributed by atoms with Gasteiger partial charge in [0, 0.05) is 16.6 Å². The van der Waals surface area contributed by atoms with Crippen LogP contribution in [0.4, 0.5) is 0 Å². The van der Waals surface area contributed by atoms with Crippen LogP contribution in [-0.2, 0) is 5.54 Å². The summed E-state index contributed by atoms with van der Waals surface area (Å²) in [4.78, 5) is 0. The highest BCUT2D eigenvalue weighted by Gasteiger charge is 2.32. The Bertz CT molecular complexity index is 414. The molecule has 1 aromatic carbocycles. The second kappa shape index (κ2) is 4.75. The molecule has 1 aliphatic rings. The van der Waals surface area contributed by atoms with E-state index >= 15 is 0 Å². The molecule has 0 spiro atoms. The van der Waals surface area contributed by atoms with Crippen molar-refractivity contribution in [2.75, 3.05) is 20.8 Å². The highest BCUT2D eigenvalue weighted by molar-refractivity contribution is 6.31. The van der Waals surface area contributed by atoms with Gasteiger partial charge in [-0.3, -0.25) is 0 Å². The number of ether oxygens (including phenoxy) is 2. The largest absolute Gasteiger partial charge is 0.493 e. The molecule has 1 aliphatic heterocycles. The second-order valence-corrected chi connectivity index (χ2v) is 4.96. The number of methoxy groups -OCH3 is 2. The molecule has 1 fully saturated rings. The van der Waals surface area contributed by atoms with Gasteiger partial charge in [-0.1, -0.05) is 11.6 Å². The summed E-state index contributed by atoms with van der Waals surface area (Å²) >= 11 is 6.33. The third kappa shape index (κ3) is 2.22. The molecule has 94 valence electrons. The van der Waals surface area contributed by atoms with E-state index in [1.54, 1.807) is 14.2 Å². The quantitative estimate of drug-likeness (QED) is 0.901. The Morgan fingerprint density at radius 1 is 1.24 bits per heavy atom. The van der Waals surface area contributed by atoms with E-state index in [1.807, 2.05) is 12.1 Å². The molecule has 0 bridgehead atoms. The predicted molar refractivity (Wildman–Crippen MR) is 69.1 cm³/mol. The molecule has 17 heavy (non-hydrogen) atoms. The minimum atomic E-state index is -0.0589. The molecule has 1 heterocycles. The molecule has 3 nitrogen and oxygen atoms in total. The predicted octanol–water partition coefficient (Wildman–Crippen LogP) is 2.96. The van der Waals surface area contributed by atoms with Gasteiger partial charge in [0.25, 0.3) is 0 Å². The third-order valence-electron chi connectivity index (χ3n) is 3.44. The van der Waals surface area contributed by atoms with E-state index in [2.05, 4.69) is 12.2 Å². The Hall–Kier alpha value is -0.930. The zero-order valence-electron chi connectivity index (χ0n) is 10.5. The van der Waals surface area contributed by atoms with Crippen molar-refractivity contribution in [2.24, 2.45) is 0 Å². The maximum Gasteiger partial charge on any atom is 0.162 e. The molecule has 0 saturated carbocycles. The van der Waals surface area contributed by atoms with Crippen LogP contribution in [0.25, 0.3) is 0 Å². The van der Waals surface area contributed by atoms with Crippen LogP contribution in [0.15, 0.2) is 12.1 Å². The minimum absolute atomic E-state index is 0.0589. The highest BCUT2D eigenvalue weighted by Crippen LogP contribution is 2.40. The number of nitrogens with one attached hydrogen (secondary N) is 1. The van der Waals surface area contributed by atoms with E-state index in [4.69, 9.17) is 21.1 Å². The van der Waals surface area contributed by atoms with Crippen molar-refractivity contribution < 1.29 is 9.47 Å². The molecular formula is C13H18ClNO2. The van der Waals surface area contributed by atoms with Gasteiger partial charge < -0.3 is 14.8 Å². The Kier molecular flexibility index (Phi) is 3.50. The van der Waals surface area contributed by atoms with Crippen LogP contribution in [0.1, 0.15) is 25.3 Å². The minimum Gasteiger partial charge on any atom is -0.493 e. The van der Waals surface area contributed by atoms with Gasteiger partial charge in [0.15, 0.2) is 11.5 Å². The average molecular weight is 256 g/mol. The van der Waals surface area contributed by atoms with Crippen LogP contribution in [0.2, 0.25) is 5.02 Å². The summed E-state index contributed by atoms with van der Waals surface area (Å²) in [5.74, 6) is 1.39. The fourth-order valence-corrected chi connectivity index (χ4v) is 2.76. The van der Waals surface area contributed by atoms with Crippen LogP contribution >= 0.6 is 11.6 Å². The van der Waals surface area contributed by atoms with Gasteiger partial charge in [0.2, 0.25) is 0 Å². The second-order valence-electron chi connectivity index (χ2n) is 4.55. The standard InChI is InChI=1S/C13H18ClNO2/c1-13(5-4-6-15-13)9-7-11(16-2)12(17-3)8-10(9)14/h7-8,15H,4-6H2,1-3H3. The van der Waals surface area contributed by atoms with Crippen LogP contribution in [0, 0.1) is 0 Å². The molecule has 1 N–H and O–H groups in total. The van der Waals surface area contributed by atoms with Crippen LogP contribution < -0.4 is 14.8 Å². The number of hydrogen-bond acceptors (Lipinski definition) is 3. The SMILES string of the molecule is COc1cc(Cl)c(C2(C)CCCN2)cc1OC. The first-order chi connectivity index (χ1) is 8.10. The summed E-state index contributed by atoms with van der Waals surface area (Å²) in [6.07, 6.45) is 2.25. The first-order valence-corrected chi connectivity index (χ1v) is 6.15. The van der Waals surface area contributed by atoms with Crippen molar-refractivity contribution in [3.8, 4) is 11.5 Å². The molecule has 4 heteroatoms. The average Bonchev–Trinajstić information content (AvgIpc) is 2.76. The summed E-state index contributed by atoms with van der Waals surface area (Å²) in [7, 11) is 3.25. The van der Waals surface area contributed by atoms with Gasteiger partial charge in [0.1, 0.15) is 0 Å². The normalized spacial score (nSPS) is 23.8. The first kappa shape index (κ1) is 12.5. The van der Waals surface area contributed by atoms with E-state index in [0.29, 0.717) is 5.75 Å². The fourth-order valence-electron chi connectivity index (χ4n) is 2.40. The molecule has 0 aliphatic carbocycles. The van der Waals surface area contributed by atoms with Gasteiger partial charge in [-0.05, 0) is 37.9 Å². The maximum absolute atomic E-state index is 6.33. The maximum atomic E-state index is 6.33. The fraction of sp³-hybridized carbons (Fsp3) is 0.538. The molecular weight excluding hydrogens is 238 g/mol. The van der Waals surface area contributed by atoms with Crippen molar-refractivity contribution in [3.05, 3.63) is 22.7 Å². The van der Waals surface area contributed by atoms with Gasteiger partial charge in [-0.15, -0.1) is 0 Å². The lowest BCUT2D eigenvalue weighted by Crippen LogP contribution is -2.33. The molecule has 0 radical (unpaired) electrons. The molecule has 2 rings (SSSR count). The van der Waals surface area contributed by atoms with E-state index in [-0.39, 0.29) is 5.54 Å². The van der Waals surface area contributed by atoms with Gasteiger partial charge in [0.05, 0.1) is 14.2 Å². The van der Waals surface area contributed by atoms with E-state index in [1.165, 1.54) is 6.42 Å². The number of rotatable bonds is 3. The van der Waals surface area contributed by atoms with Crippen molar-refractivity contribution in [3.63, 3.8) is 0 Å². The van der Waals surface area contributed by atoms with E-state index in [9.17, 15) is 0 Å². The Morgan fingerprint density at radius 2 is 1.88 bits per heavy atom. The summed E-state index contributed by atoms with van der Waals surface area (Å²) in [5.41, 5.74) is 1.02. The third-order valence-corrected chi connectivity index (χ3v) is 3.75. The Balaban J connectivity index is 2.47. The van der Waals surface area contributed by atoms with E-state index < -0.39 is 0 Å². The van der Waals surface area contributed by atoms with Crippen LogP contribution in [0.5, 0.6) is 11.5 Å². The van der Waals surface area contributed by atoms with Gasteiger partial charge in [-0.25, -0.2) is 0 Å². The number of hydrogen-bond donors (Lipinski definition) is 1. The monoisotopic (exact) mass is 255 g/mol. The first-order valence-electron chi connectivity index (χ1n) is 5.78. The topological polar surface area (TPSA) is 30.5 Å². The lowest BCUT2D eigenvalue weighted by Gasteiger charge is -2.27. The zero-order valence-corrected chi connectivity index (χ0v) is 11.2. The smallest absolute Gasteiger partial charge is 0.162 e. The van der Waals surface area contributed by atoms with Crippen molar-refractivity contribution in [2.45, 2.75) is 25.3 Å². The number of benzene rings is 1. The zero-order chi connectivity index (χ0) is 12.5. The van der Waals surface area contributed by atoms with E-state index in [0.717, 1.165) is 29.3 Å². The lowest BCUT2D eigenvalue weighted by atomic mass is 9.90. The Labute approximate surface area is 107 Å². The summed E-state index contributed by atoms with van der Waals surface area (Å²) in [6.45, 7) is 3.20. The van der Waals surface area contributed by atoms with Crippen molar-refractivity contribution in [1.82, 2.24) is 5.32 Å². The van der Waals surface area contributed by atoms with Gasteiger partial charge in [-0.2, -0.15) is 0 Å². The molecule has 1 atom stereocenters. The number of halogens is 1. The summed E-state index contributed by atoms with van der Waals surface area (Å²) < 4.78 is 10.6. The summed E-state index contributed by atoms with van der Waals surface area (Å²) in [6, 6.07) is 3.79. The molecule has 0 aromatic heterocycles. The van der Waals surface area contributed by atoms with Crippen LogP contribution in [0.3, 0.4) is 0 Å². The molecule has 1 aromatic rings. The summed E-state index contributed by atoms with van der Waals surface area (Å²) in [5, 5.41) is 4.22. The van der Waals surface area contributed by atoms with Crippen molar-refractivity contribution >= 4 is 11.6 Å². The molecule has 0 amide bonds. The molecule has 1 unspecified atom stereocenters. The van der Waals surface area contributed by atoms with Crippen LogP contribution in [-0.4, -0.2) is 20.8 Å². The highest BCUT2D eigenvalue weighted by atomic mass is 35.5. The molecule has 1 saturated heterocycles. The van der Waals surface area contributed by atoms with Crippen molar-refractivity contribution in [1.29, 1.82) is 0 Å². The lowest BCUT2D eigenvalue weighted by molar-refractivity contribution is 0.351. The Morgan fingerprint density at radius 3 is 2.41 bits per heavy atom.